The van der Waals surface area contributed by atoms with Crippen molar-refractivity contribution < 1.29 is 22.1 Å². The number of methoxy groups -OCH3 is 1. The second-order valence-electron chi connectivity index (χ2n) is 5.72. The molecule has 0 bridgehead atoms. The van der Waals surface area contributed by atoms with Crippen molar-refractivity contribution >= 4 is 16.1 Å². The van der Waals surface area contributed by atoms with Crippen LogP contribution in [-0.4, -0.2) is 44.4 Å². The molecule has 1 aliphatic heterocycles. The lowest BCUT2D eigenvalue weighted by Crippen LogP contribution is -2.34. The molecule has 0 saturated carbocycles. The van der Waals surface area contributed by atoms with Gasteiger partial charge in [-0.3, -0.25) is 9.36 Å². The van der Waals surface area contributed by atoms with Gasteiger partial charge in [0.15, 0.2) is 5.69 Å². The maximum atomic E-state index is 12.9. The molecule has 1 aliphatic rings. The summed E-state index contributed by atoms with van der Waals surface area (Å²) in [7, 11) is -1.16. The fraction of sp³-hybridized carbons (Fsp3) is 0.643. The number of hydrogen-bond donors (Lipinski definition) is 1. The van der Waals surface area contributed by atoms with Gasteiger partial charge in [-0.25, -0.2) is 9.78 Å². The van der Waals surface area contributed by atoms with E-state index in [9.17, 15) is 18.0 Å². The summed E-state index contributed by atoms with van der Waals surface area (Å²) in [4.78, 5) is 29.1. The minimum absolute atomic E-state index is 0.202. The first-order chi connectivity index (χ1) is 11.2. The van der Waals surface area contributed by atoms with Crippen LogP contribution in [0.2, 0.25) is 0 Å². The first-order valence-corrected chi connectivity index (χ1v) is 9.32. The zero-order valence-electron chi connectivity index (χ0n) is 14.0. The number of hydrogen-bond acceptors (Lipinski definition) is 8. The molecule has 0 unspecified atom stereocenters. The van der Waals surface area contributed by atoms with Gasteiger partial charge in [-0.1, -0.05) is 0 Å². The summed E-state index contributed by atoms with van der Waals surface area (Å²) in [6, 6.07) is -0.440. The molecule has 24 heavy (non-hydrogen) atoms. The van der Waals surface area contributed by atoms with E-state index in [4.69, 9.17) is 4.18 Å². The Morgan fingerprint density at radius 3 is 2.58 bits per heavy atom. The molecule has 0 saturated heterocycles. The summed E-state index contributed by atoms with van der Waals surface area (Å²) < 4.78 is 33.8. The standard InChI is InChI=1S/C14H21N3O6S/c1-8-6-5-7-9(15-2)12-16-10(14(19)22-3)11(13(18)17(8)12)23-24(4,20)21/h8-9,15H,5-7H2,1-4H3/t8-,9-/m1/s1. The van der Waals surface area contributed by atoms with Crippen LogP contribution in [0.1, 0.15) is 54.6 Å². The van der Waals surface area contributed by atoms with Gasteiger partial charge in [0.25, 0.3) is 5.56 Å². The van der Waals surface area contributed by atoms with E-state index in [0.29, 0.717) is 5.82 Å². The van der Waals surface area contributed by atoms with Crippen molar-refractivity contribution in [1.82, 2.24) is 14.9 Å². The largest absolute Gasteiger partial charge is 0.464 e. The molecule has 9 nitrogen and oxygen atoms in total. The van der Waals surface area contributed by atoms with E-state index in [-0.39, 0.29) is 12.1 Å². The van der Waals surface area contributed by atoms with Crippen molar-refractivity contribution in [2.45, 2.75) is 38.3 Å². The van der Waals surface area contributed by atoms with E-state index in [0.717, 1.165) is 32.6 Å². The summed E-state index contributed by atoms with van der Waals surface area (Å²) in [6.07, 6.45) is 3.11. The Morgan fingerprint density at radius 2 is 2.04 bits per heavy atom. The zero-order valence-corrected chi connectivity index (χ0v) is 14.8. The predicted molar refractivity (Wildman–Crippen MR) is 85.7 cm³/mol. The molecular formula is C14H21N3O6S. The highest BCUT2D eigenvalue weighted by Crippen LogP contribution is 2.29. The molecule has 1 aromatic rings. The van der Waals surface area contributed by atoms with Gasteiger partial charge in [0, 0.05) is 6.04 Å². The summed E-state index contributed by atoms with van der Waals surface area (Å²) in [5, 5.41) is 3.07. The summed E-state index contributed by atoms with van der Waals surface area (Å²) >= 11 is 0. The Hall–Kier alpha value is -1.94. The van der Waals surface area contributed by atoms with Crippen LogP contribution in [0, 0.1) is 0 Å². The van der Waals surface area contributed by atoms with Crippen molar-refractivity contribution in [3.8, 4) is 5.75 Å². The van der Waals surface area contributed by atoms with Gasteiger partial charge in [-0.05, 0) is 33.2 Å². The van der Waals surface area contributed by atoms with Gasteiger partial charge >= 0.3 is 16.1 Å². The van der Waals surface area contributed by atoms with Gasteiger partial charge in [0.05, 0.1) is 19.4 Å². The van der Waals surface area contributed by atoms with Crippen LogP contribution in [-0.2, 0) is 14.9 Å². The Kier molecular flexibility index (Phi) is 5.29. The third kappa shape index (κ3) is 3.59. The van der Waals surface area contributed by atoms with Crippen LogP contribution in [0.25, 0.3) is 0 Å². The molecule has 2 heterocycles. The third-order valence-electron chi connectivity index (χ3n) is 3.93. The number of nitrogens with one attached hydrogen (secondary N) is 1. The zero-order chi connectivity index (χ0) is 18.1. The minimum Gasteiger partial charge on any atom is -0.464 e. The number of ether oxygens (including phenoxy) is 1. The second kappa shape index (κ2) is 6.89. The van der Waals surface area contributed by atoms with Crippen LogP contribution < -0.4 is 15.1 Å². The lowest BCUT2D eigenvalue weighted by Gasteiger charge is -2.21. The smallest absolute Gasteiger partial charge is 0.360 e. The van der Waals surface area contributed by atoms with Crippen molar-refractivity contribution in [2.24, 2.45) is 0 Å². The van der Waals surface area contributed by atoms with Crippen molar-refractivity contribution in [1.29, 1.82) is 0 Å². The first-order valence-electron chi connectivity index (χ1n) is 7.51. The number of carbonyl (C=O) groups excluding carboxylic acids is 1. The van der Waals surface area contributed by atoms with E-state index >= 15 is 0 Å². The average Bonchev–Trinajstić information content (AvgIpc) is 2.66. The Balaban J connectivity index is 2.81. The number of aromatic nitrogens is 2. The Morgan fingerprint density at radius 1 is 1.38 bits per heavy atom. The van der Waals surface area contributed by atoms with E-state index in [1.54, 1.807) is 7.05 Å². The fourth-order valence-corrected chi connectivity index (χ4v) is 3.27. The van der Waals surface area contributed by atoms with Crippen molar-refractivity contribution in [2.75, 3.05) is 20.4 Å². The van der Waals surface area contributed by atoms with Gasteiger partial charge < -0.3 is 14.2 Å². The lowest BCUT2D eigenvalue weighted by atomic mass is 10.1. The summed E-state index contributed by atoms with van der Waals surface area (Å²) in [6.45, 7) is 1.84. The van der Waals surface area contributed by atoms with Crippen LogP contribution in [0.15, 0.2) is 4.79 Å². The highest BCUT2D eigenvalue weighted by molar-refractivity contribution is 7.86. The lowest BCUT2D eigenvalue weighted by molar-refractivity contribution is 0.0590. The molecule has 1 aromatic heterocycles. The molecule has 0 radical (unpaired) electrons. The van der Waals surface area contributed by atoms with Crippen LogP contribution in [0.4, 0.5) is 0 Å². The molecule has 0 aliphatic carbocycles. The van der Waals surface area contributed by atoms with E-state index in [1.165, 1.54) is 4.57 Å². The Labute approximate surface area is 140 Å². The SMILES string of the molecule is CN[C@@H]1CCC[C@@H](C)n2c1nc(C(=O)OC)c(OS(C)(=O)=O)c2=O. The first kappa shape index (κ1) is 18.4. The topological polar surface area (TPSA) is 117 Å². The maximum Gasteiger partial charge on any atom is 0.360 e. The van der Waals surface area contributed by atoms with Crippen LogP contribution >= 0.6 is 0 Å². The molecule has 0 spiro atoms. The van der Waals surface area contributed by atoms with Gasteiger partial charge in [-0.15, -0.1) is 0 Å². The van der Waals surface area contributed by atoms with Crippen molar-refractivity contribution in [3.05, 3.63) is 21.9 Å². The predicted octanol–water partition coefficient (Wildman–Crippen LogP) is 0.374. The molecule has 2 rings (SSSR count). The van der Waals surface area contributed by atoms with Gasteiger partial charge in [0.2, 0.25) is 5.75 Å². The number of carbonyl (C=O) groups is 1. The average molecular weight is 359 g/mol. The highest BCUT2D eigenvalue weighted by Gasteiger charge is 2.31. The number of rotatable bonds is 4. The van der Waals surface area contributed by atoms with Crippen LogP contribution in [0.5, 0.6) is 5.75 Å². The third-order valence-corrected chi connectivity index (χ3v) is 4.40. The maximum absolute atomic E-state index is 12.9. The monoisotopic (exact) mass is 359 g/mol. The highest BCUT2D eigenvalue weighted by atomic mass is 32.2. The second-order valence-corrected chi connectivity index (χ2v) is 7.30. The fourth-order valence-electron chi connectivity index (χ4n) is 2.82. The number of nitrogens with zero attached hydrogens (tertiary/aromatic N) is 2. The van der Waals surface area contributed by atoms with Gasteiger partial charge in [0.1, 0.15) is 5.82 Å². The van der Waals surface area contributed by atoms with E-state index < -0.39 is 33.1 Å². The molecule has 10 heteroatoms. The number of fused-ring (bicyclic) bond motifs is 1. The molecule has 2 atom stereocenters. The minimum atomic E-state index is -4.01. The Bertz CT molecular complexity index is 801. The quantitative estimate of drug-likeness (QED) is 0.605. The molecule has 134 valence electrons. The molecule has 0 aromatic carbocycles. The summed E-state index contributed by atoms with van der Waals surface area (Å²) in [5.41, 5.74) is -1.14. The number of esters is 1. The van der Waals surface area contributed by atoms with Crippen LogP contribution in [0.3, 0.4) is 0 Å². The van der Waals surface area contributed by atoms with Gasteiger partial charge in [-0.2, -0.15) is 8.42 Å². The molecule has 0 fully saturated rings. The summed E-state index contributed by atoms with van der Waals surface area (Å²) in [5.74, 6) is -1.19. The normalized spacial score (nSPS) is 20.8. The molecule has 0 amide bonds. The van der Waals surface area contributed by atoms with E-state index in [1.807, 2.05) is 6.92 Å². The van der Waals surface area contributed by atoms with E-state index in [2.05, 4.69) is 15.0 Å². The van der Waals surface area contributed by atoms with Crippen molar-refractivity contribution in [3.63, 3.8) is 0 Å². The molecule has 1 N–H and O–H groups in total. The molecular weight excluding hydrogens is 338 g/mol.